The standard InChI is InChI=1S/C17H13ClN6O3/c18-15-7-6-13(24(26)27)9-14(15)17(25)19-11-3-1-2-10(8-11)16-20-21-22-23(16)12-4-5-12/h1-3,6-9,12H,4-5H2,(H,19,25). The maximum atomic E-state index is 12.5. The Morgan fingerprint density at radius 1 is 1.26 bits per heavy atom. The molecule has 1 aliphatic rings. The van der Waals surface area contributed by atoms with E-state index in [9.17, 15) is 14.9 Å². The van der Waals surface area contributed by atoms with E-state index < -0.39 is 10.8 Å². The first-order chi connectivity index (χ1) is 13.0. The van der Waals surface area contributed by atoms with Crippen LogP contribution < -0.4 is 5.32 Å². The van der Waals surface area contributed by atoms with Gasteiger partial charge >= 0.3 is 0 Å². The van der Waals surface area contributed by atoms with E-state index in [4.69, 9.17) is 11.6 Å². The molecule has 3 aromatic rings. The van der Waals surface area contributed by atoms with Crippen LogP contribution in [0.5, 0.6) is 0 Å². The van der Waals surface area contributed by atoms with Crippen molar-refractivity contribution < 1.29 is 9.72 Å². The summed E-state index contributed by atoms with van der Waals surface area (Å²) in [6, 6.07) is 11.1. The monoisotopic (exact) mass is 384 g/mol. The van der Waals surface area contributed by atoms with Crippen molar-refractivity contribution in [2.24, 2.45) is 0 Å². The highest BCUT2D eigenvalue weighted by molar-refractivity contribution is 6.34. The average molecular weight is 385 g/mol. The lowest BCUT2D eigenvalue weighted by molar-refractivity contribution is -0.384. The molecule has 1 saturated carbocycles. The first-order valence-electron chi connectivity index (χ1n) is 8.16. The second-order valence-electron chi connectivity index (χ2n) is 6.13. The highest BCUT2D eigenvalue weighted by Gasteiger charge is 2.28. The summed E-state index contributed by atoms with van der Waals surface area (Å²) >= 11 is 6.02. The molecule has 1 N–H and O–H groups in total. The molecule has 0 bridgehead atoms. The van der Waals surface area contributed by atoms with Crippen molar-refractivity contribution in [2.45, 2.75) is 18.9 Å². The van der Waals surface area contributed by atoms with Crippen LogP contribution in [0.15, 0.2) is 42.5 Å². The Bertz CT molecular complexity index is 1050. The summed E-state index contributed by atoms with van der Waals surface area (Å²) in [7, 11) is 0. The number of carbonyl (C=O) groups excluding carboxylic acids is 1. The summed E-state index contributed by atoms with van der Waals surface area (Å²) in [6.45, 7) is 0. The number of non-ortho nitro benzene ring substituents is 1. The fourth-order valence-corrected chi connectivity index (χ4v) is 2.89. The number of nitro benzene ring substituents is 1. The maximum absolute atomic E-state index is 12.5. The van der Waals surface area contributed by atoms with E-state index in [1.54, 1.807) is 22.9 Å². The molecule has 0 unspecified atom stereocenters. The molecule has 0 atom stereocenters. The SMILES string of the molecule is O=C(Nc1cccc(-c2nnnn2C2CC2)c1)c1cc([N+](=O)[O-])ccc1Cl. The Labute approximate surface area is 158 Å². The van der Waals surface area contributed by atoms with Crippen LogP contribution in [0, 0.1) is 10.1 Å². The number of tetrazole rings is 1. The lowest BCUT2D eigenvalue weighted by Gasteiger charge is -2.09. The zero-order valence-corrected chi connectivity index (χ0v) is 14.6. The number of amides is 1. The van der Waals surface area contributed by atoms with Gasteiger partial charge in [-0.15, -0.1) is 5.10 Å². The molecule has 10 heteroatoms. The van der Waals surface area contributed by atoms with Crippen molar-refractivity contribution in [3.8, 4) is 11.4 Å². The zero-order chi connectivity index (χ0) is 19.0. The number of anilines is 1. The van der Waals surface area contributed by atoms with Crippen LogP contribution in [0.3, 0.4) is 0 Å². The van der Waals surface area contributed by atoms with Gasteiger partial charge in [-0.2, -0.15) is 0 Å². The van der Waals surface area contributed by atoms with Gasteiger partial charge in [0.1, 0.15) is 0 Å². The maximum Gasteiger partial charge on any atom is 0.270 e. The molecule has 0 aliphatic heterocycles. The first kappa shape index (κ1) is 17.1. The van der Waals surface area contributed by atoms with Crippen molar-refractivity contribution >= 4 is 28.9 Å². The van der Waals surface area contributed by atoms with Crippen LogP contribution in [0.25, 0.3) is 11.4 Å². The largest absolute Gasteiger partial charge is 0.322 e. The van der Waals surface area contributed by atoms with Crippen molar-refractivity contribution in [1.82, 2.24) is 20.2 Å². The second kappa shape index (κ2) is 6.76. The number of hydrogen-bond donors (Lipinski definition) is 1. The van der Waals surface area contributed by atoms with Crippen LogP contribution in [0.4, 0.5) is 11.4 Å². The van der Waals surface area contributed by atoms with Gasteiger partial charge in [-0.25, -0.2) is 4.68 Å². The lowest BCUT2D eigenvalue weighted by atomic mass is 10.1. The van der Waals surface area contributed by atoms with Gasteiger partial charge in [0.15, 0.2) is 5.82 Å². The topological polar surface area (TPSA) is 116 Å². The number of benzene rings is 2. The molecule has 1 aliphatic carbocycles. The molecule has 1 aromatic heterocycles. The summed E-state index contributed by atoms with van der Waals surface area (Å²) in [5, 5.41) is 25.6. The normalized spacial score (nSPS) is 13.4. The number of carbonyl (C=O) groups is 1. The molecular formula is C17H13ClN6O3. The second-order valence-corrected chi connectivity index (χ2v) is 6.54. The Balaban J connectivity index is 1.60. The highest BCUT2D eigenvalue weighted by atomic mass is 35.5. The van der Waals surface area contributed by atoms with Crippen molar-refractivity contribution in [1.29, 1.82) is 0 Å². The van der Waals surface area contributed by atoms with Crippen LogP contribution in [-0.4, -0.2) is 31.0 Å². The first-order valence-corrected chi connectivity index (χ1v) is 8.54. The van der Waals surface area contributed by atoms with Crippen LogP contribution >= 0.6 is 11.6 Å². The van der Waals surface area contributed by atoms with Gasteiger partial charge in [0.25, 0.3) is 11.6 Å². The number of nitrogens with one attached hydrogen (secondary N) is 1. The Morgan fingerprint density at radius 2 is 2.07 bits per heavy atom. The fourth-order valence-electron chi connectivity index (χ4n) is 2.68. The van der Waals surface area contributed by atoms with Gasteiger partial charge in [-0.3, -0.25) is 14.9 Å². The van der Waals surface area contributed by atoms with E-state index in [1.807, 2.05) is 6.07 Å². The van der Waals surface area contributed by atoms with Gasteiger partial charge < -0.3 is 5.32 Å². The predicted molar refractivity (Wildman–Crippen MR) is 97.6 cm³/mol. The number of rotatable bonds is 5. The minimum absolute atomic E-state index is 0.0269. The van der Waals surface area contributed by atoms with Crippen LogP contribution in [-0.2, 0) is 0 Å². The van der Waals surface area contributed by atoms with Crippen LogP contribution in [0.2, 0.25) is 5.02 Å². The zero-order valence-electron chi connectivity index (χ0n) is 13.9. The van der Waals surface area contributed by atoms with Gasteiger partial charge in [-0.1, -0.05) is 23.7 Å². The molecular weight excluding hydrogens is 372 g/mol. The Kier molecular flexibility index (Phi) is 4.28. The minimum atomic E-state index is -0.578. The molecule has 1 heterocycles. The molecule has 4 rings (SSSR count). The molecule has 0 radical (unpaired) electrons. The highest BCUT2D eigenvalue weighted by Crippen LogP contribution is 2.36. The summed E-state index contributed by atoms with van der Waals surface area (Å²) in [4.78, 5) is 22.9. The van der Waals surface area contributed by atoms with Crippen molar-refractivity contribution in [2.75, 3.05) is 5.32 Å². The Hall–Kier alpha value is -3.33. The number of aromatic nitrogens is 4. The summed E-state index contributed by atoms with van der Waals surface area (Å²) in [5.41, 5.74) is 1.08. The third-order valence-corrected chi connectivity index (χ3v) is 4.50. The molecule has 0 spiro atoms. The predicted octanol–water partition coefficient (Wildman–Crippen LogP) is 3.49. The molecule has 1 fully saturated rings. The van der Waals surface area contributed by atoms with E-state index in [0.717, 1.165) is 24.5 Å². The third-order valence-electron chi connectivity index (χ3n) is 4.17. The number of nitro groups is 1. The lowest BCUT2D eigenvalue weighted by Crippen LogP contribution is -2.13. The van der Waals surface area contributed by atoms with Gasteiger partial charge in [0, 0.05) is 23.4 Å². The van der Waals surface area contributed by atoms with Crippen molar-refractivity contribution in [3.63, 3.8) is 0 Å². The summed E-state index contributed by atoms with van der Waals surface area (Å²) < 4.78 is 1.78. The number of nitrogens with zero attached hydrogens (tertiary/aromatic N) is 5. The summed E-state index contributed by atoms with van der Waals surface area (Å²) in [5.74, 6) is 0.0876. The Morgan fingerprint density at radius 3 is 2.81 bits per heavy atom. The third kappa shape index (κ3) is 3.49. The summed E-state index contributed by atoms with van der Waals surface area (Å²) in [6.07, 6.45) is 2.08. The van der Waals surface area contributed by atoms with E-state index in [1.165, 1.54) is 12.1 Å². The van der Waals surface area contributed by atoms with Gasteiger partial charge in [0.2, 0.25) is 0 Å². The average Bonchev–Trinajstić information content (AvgIpc) is 3.38. The van der Waals surface area contributed by atoms with E-state index in [2.05, 4.69) is 20.8 Å². The molecule has 27 heavy (non-hydrogen) atoms. The van der Waals surface area contributed by atoms with E-state index >= 15 is 0 Å². The fraction of sp³-hybridized carbons (Fsp3) is 0.176. The van der Waals surface area contributed by atoms with Crippen LogP contribution in [0.1, 0.15) is 29.2 Å². The number of hydrogen-bond acceptors (Lipinski definition) is 6. The molecule has 0 saturated heterocycles. The van der Waals surface area contributed by atoms with Crippen molar-refractivity contribution in [3.05, 3.63) is 63.2 Å². The van der Waals surface area contributed by atoms with E-state index in [0.29, 0.717) is 17.6 Å². The smallest absolute Gasteiger partial charge is 0.270 e. The molecule has 9 nitrogen and oxygen atoms in total. The van der Waals surface area contributed by atoms with E-state index in [-0.39, 0.29) is 16.3 Å². The minimum Gasteiger partial charge on any atom is -0.322 e. The molecule has 2 aromatic carbocycles. The van der Waals surface area contributed by atoms with Gasteiger partial charge in [-0.05, 0) is 41.5 Å². The molecule has 136 valence electrons. The number of halogens is 1. The molecule has 1 amide bonds. The quantitative estimate of drug-likeness (QED) is 0.531. The van der Waals surface area contributed by atoms with Gasteiger partial charge in [0.05, 0.1) is 21.6 Å².